The van der Waals surface area contributed by atoms with E-state index in [0.29, 0.717) is 24.3 Å². The summed E-state index contributed by atoms with van der Waals surface area (Å²) in [6.45, 7) is 11.1. The Morgan fingerprint density at radius 2 is 1.95 bits per heavy atom. The van der Waals surface area contributed by atoms with Gasteiger partial charge in [-0.3, -0.25) is 4.79 Å². The molecule has 3 heterocycles. The first kappa shape index (κ1) is 15.0. The molecule has 0 spiro atoms. The van der Waals surface area contributed by atoms with Crippen LogP contribution in [0.4, 0.5) is 0 Å². The second-order valence-corrected chi connectivity index (χ2v) is 6.46. The highest BCUT2D eigenvalue weighted by molar-refractivity contribution is 5.23. The van der Waals surface area contributed by atoms with Gasteiger partial charge in [0.25, 0.3) is 5.56 Å². The van der Waals surface area contributed by atoms with Gasteiger partial charge in [0.05, 0.1) is 12.2 Å². The predicted molar refractivity (Wildman–Crippen MR) is 85.3 cm³/mol. The quantitative estimate of drug-likeness (QED) is 0.856. The van der Waals surface area contributed by atoms with E-state index in [0.717, 1.165) is 24.5 Å². The lowest BCUT2D eigenvalue weighted by Gasteiger charge is -2.42. The van der Waals surface area contributed by atoms with Crippen LogP contribution in [0.15, 0.2) is 23.0 Å². The molecule has 0 radical (unpaired) electrons. The van der Waals surface area contributed by atoms with Crippen LogP contribution in [0, 0.1) is 19.8 Å². The Kier molecular flexibility index (Phi) is 3.87. The van der Waals surface area contributed by atoms with Crippen LogP contribution in [0.1, 0.15) is 25.2 Å². The minimum atomic E-state index is -0.0479. The first-order chi connectivity index (χ1) is 10.4. The summed E-state index contributed by atoms with van der Waals surface area (Å²) >= 11 is 0. The van der Waals surface area contributed by atoms with E-state index in [1.807, 2.05) is 19.9 Å². The highest BCUT2D eigenvalue weighted by Crippen LogP contribution is 2.19. The molecule has 118 valence electrons. The molecule has 2 aromatic heterocycles. The first-order valence-electron chi connectivity index (χ1n) is 7.80. The van der Waals surface area contributed by atoms with E-state index in [9.17, 15) is 4.79 Å². The summed E-state index contributed by atoms with van der Waals surface area (Å²) in [5.74, 6) is 1.20. The van der Waals surface area contributed by atoms with Gasteiger partial charge in [-0.15, -0.1) is 5.10 Å². The maximum atomic E-state index is 12.0. The van der Waals surface area contributed by atoms with Crippen molar-refractivity contribution in [3.8, 4) is 5.82 Å². The Labute approximate surface area is 130 Å². The Morgan fingerprint density at radius 3 is 2.55 bits per heavy atom. The number of nitrogens with zero attached hydrogens (tertiary/aromatic N) is 5. The average molecular weight is 301 g/mol. The first-order valence-corrected chi connectivity index (χ1v) is 7.80. The summed E-state index contributed by atoms with van der Waals surface area (Å²) in [5.41, 5.74) is 1.92. The summed E-state index contributed by atoms with van der Waals surface area (Å²) < 4.78 is 3.36. The smallest absolute Gasteiger partial charge is 0.266 e. The van der Waals surface area contributed by atoms with Crippen molar-refractivity contribution in [2.45, 2.75) is 40.3 Å². The molecule has 1 aliphatic rings. The maximum absolute atomic E-state index is 12.0. The standard InChI is InChI=1S/C16H23N5O/c1-11(2)19-8-14(9-19)10-20-16(22)6-5-15(18-20)21-13(4)7-12(3)17-21/h5-7,11,14H,8-10H2,1-4H3. The van der Waals surface area contributed by atoms with Crippen LogP contribution in [-0.4, -0.2) is 43.6 Å². The van der Waals surface area contributed by atoms with Crippen LogP contribution < -0.4 is 5.56 Å². The third-order valence-electron chi connectivity index (χ3n) is 4.23. The Bertz CT molecular complexity index is 724. The monoisotopic (exact) mass is 301 g/mol. The summed E-state index contributed by atoms with van der Waals surface area (Å²) in [6, 6.07) is 5.89. The van der Waals surface area contributed by atoms with Gasteiger partial charge in [0.2, 0.25) is 0 Å². The van der Waals surface area contributed by atoms with E-state index in [1.165, 1.54) is 0 Å². The van der Waals surface area contributed by atoms with Crippen LogP contribution in [-0.2, 0) is 6.54 Å². The number of aromatic nitrogens is 4. The van der Waals surface area contributed by atoms with E-state index in [1.54, 1.807) is 21.5 Å². The molecule has 0 amide bonds. The van der Waals surface area contributed by atoms with Gasteiger partial charge in [-0.1, -0.05) is 0 Å². The molecule has 0 saturated carbocycles. The Hall–Kier alpha value is -1.95. The molecule has 6 heteroatoms. The lowest BCUT2D eigenvalue weighted by molar-refractivity contribution is 0.0545. The molecule has 1 saturated heterocycles. The van der Waals surface area contributed by atoms with Crippen molar-refractivity contribution in [3.05, 3.63) is 39.9 Å². The molecule has 0 aromatic carbocycles. The lowest BCUT2D eigenvalue weighted by Crippen LogP contribution is -2.52. The fourth-order valence-corrected chi connectivity index (χ4v) is 2.93. The third-order valence-corrected chi connectivity index (χ3v) is 4.23. The fourth-order valence-electron chi connectivity index (χ4n) is 2.93. The Balaban J connectivity index is 1.79. The van der Waals surface area contributed by atoms with E-state index in [-0.39, 0.29) is 5.56 Å². The molecule has 0 unspecified atom stereocenters. The van der Waals surface area contributed by atoms with E-state index in [2.05, 4.69) is 28.9 Å². The third kappa shape index (κ3) is 2.83. The molecule has 6 nitrogen and oxygen atoms in total. The zero-order valence-electron chi connectivity index (χ0n) is 13.7. The summed E-state index contributed by atoms with van der Waals surface area (Å²) in [6.07, 6.45) is 0. The fraction of sp³-hybridized carbons (Fsp3) is 0.562. The minimum absolute atomic E-state index is 0.0479. The van der Waals surface area contributed by atoms with Crippen LogP contribution in [0.3, 0.4) is 0 Å². The number of aryl methyl sites for hydroxylation is 2. The van der Waals surface area contributed by atoms with Gasteiger partial charge in [0.15, 0.2) is 5.82 Å². The SMILES string of the molecule is Cc1cc(C)n(-c2ccc(=O)n(CC3CN(C(C)C)C3)n2)n1. The van der Waals surface area contributed by atoms with Crippen molar-refractivity contribution >= 4 is 0 Å². The van der Waals surface area contributed by atoms with Gasteiger partial charge in [0, 0.05) is 36.8 Å². The highest BCUT2D eigenvalue weighted by Gasteiger charge is 2.29. The van der Waals surface area contributed by atoms with Crippen molar-refractivity contribution in [1.82, 2.24) is 24.5 Å². The van der Waals surface area contributed by atoms with Gasteiger partial charge >= 0.3 is 0 Å². The van der Waals surface area contributed by atoms with Gasteiger partial charge in [-0.25, -0.2) is 9.36 Å². The largest absolute Gasteiger partial charge is 0.300 e. The summed E-state index contributed by atoms with van der Waals surface area (Å²) in [7, 11) is 0. The van der Waals surface area contributed by atoms with Crippen LogP contribution in [0.25, 0.3) is 5.82 Å². The molecule has 2 aromatic rings. The normalized spacial score (nSPS) is 16.2. The maximum Gasteiger partial charge on any atom is 0.266 e. The summed E-state index contributed by atoms with van der Waals surface area (Å²) in [5, 5.41) is 8.92. The molecule has 0 atom stereocenters. The minimum Gasteiger partial charge on any atom is -0.300 e. The number of hydrogen-bond donors (Lipinski definition) is 0. The molecule has 1 aliphatic heterocycles. The van der Waals surface area contributed by atoms with Gasteiger partial charge in [-0.2, -0.15) is 5.10 Å². The predicted octanol–water partition coefficient (Wildman–Crippen LogP) is 1.39. The van der Waals surface area contributed by atoms with Crippen molar-refractivity contribution in [2.75, 3.05) is 13.1 Å². The lowest BCUT2D eigenvalue weighted by atomic mass is 9.98. The second-order valence-electron chi connectivity index (χ2n) is 6.46. The molecule has 0 N–H and O–H groups in total. The molecular formula is C16H23N5O. The van der Waals surface area contributed by atoms with Gasteiger partial charge in [0.1, 0.15) is 0 Å². The zero-order chi connectivity index (χ0) is 15.9. The number of likely N-dealkylation sites (tertiary alicyclic amines) is 1. The van der Waals surface area contributed by atoms with Gasteiger partial charge in [-0.05, 0) is 39.8 Å². The highest BCUT2D eigenvalue weighted by atomic mass is 16.1. The van der Waals surface area contributed by atoms with Crippen molar-refractivity contribution in [2.24, 2.45) is 5.92 Å². The van der Waals surface area contributed by atoms with Crippen LogP contribution in [0.5, 0.6) is 0 Å². The molecular weight excluding hydrogens is 278 g/mol. The van der Waals surface area contributed by atoms with Gasteiger partial charge < -0.3 is 4.90 Å². The Morgan fingerprint density at radius 1 is 1.23 bits per heavy atom. The number of rotatable bonds is 4. The molecule has 22 heavy (non-hydrogen) atoms. The summed E-state index contributed by atoms with van der Waals surface area (Å²) in [4.78, 5) is 14.4. The van der Waals surface area contributed by atoms with Crippen LogP contribution in [0.2, 0.25) is 0 Å². The van der Waals surface area contributed by atoms with Crippen molar-refractivity contribution < 1.29 is 0 Å². The molecule has 0 bridgehead atoms. The van der Waals surface area contributed by atoms with E-state index < -0.39 is 0 Å². The zero-order valence-corrected chi connectivity index (χ0v) is 13.7. The van der Waals surface area contributed by atoms with Crippen molar-refractivity contribution in [3.63, 3.8) is 0 Å². The number of hydrogen-bond acceptors (Lipinski definition) is 4. The average Bonchev–Trinajstić information content (AvgIpc) is 2.74. The van der Waals surface area contributed by atoms with E-state index in [4.69, 9.17) is 0 Å². The molecule has 0 aliphatic carbocycles. The van der Waals surface area contributed by atoms with Crippen molar-refractivity contribution in [1.29, 1.82) is 0 Å². The second kappa shape index (κ2) is 5.68. The van der Waals surface area contributed by atoms with Crippen LogP contribution >= 0.6 is 0 Å². The molecule has 3 rings (SSSR count). The molecule has 1 fully saturated rings. The van der Waals surface area contributed by atoms with E-state index >= 15 is 0 Å². The topological polar surface area (TPSA) is 56.0 Å².